The topological polar surface area (TPSA) is 58.6 Å². The molecule has 6 rings (SSSR count). The first-order chi connectivity index (χ1) is 16.1. The van der Waals surface area contributed by atoms with Gasteiger partial charge in [0.05, 0.1) is 12.0 Å². The lowest BCUT2D eigenvalue weighted by Gasteiger charge is -2.33. The lowest BCUT2D eigenvalue weighted by Crippen LogP contribution is -2.55. The molecule has 1 N–H and O–H groups in total. The van der Waals surface area contributed by atoms with E-state index in [1.165, 1.54) is 5.56 Å². The van der Waals surface area contributed by atoms with Gasteiger partial charge >= 0.3 is 0 Å². The highest BCUT2D eigenvalue weighted by atomic mass is 16.5. The molecule has 2 amide bonds. The molecule has 0 aromatic heterocycles. The van der Waals surface area contributed by atoms with Crippen molar-refractivity contribution in [2.75, 3.05) is 0 Å². The van der Waals surface area contributed by atoms with E-state index in [4.69, 9.17) is 4.74 Å². The Labute approximate surface area is 194 Å². The van der Waals surface area contributed by atoms with Crippen LogP contribution >= 0.6 is 0 Å². The molecule has 4 aliphatic rings. The molecule has 1 aliphatic carbocycles. The number of carbonyl (C=O) groups excluding carboxylic acids is 2. The molecule has 2 bridgehead atoms. The van der Waals surface area contributed by atoms with E-state index in [1.807, 2.05) is 43.3 Å². The molecule has 5 nitrogen and oxygen atoms in total. The highest BCUT2D eigenvalue weighted by Crippen LogP contribution is 2.58. The highest BCUT2D eigenvalue weighted by Gasteiger charge is 2.71. The lowest BCUT2D eigenvalue weighted by atomic mass is 9.72. The second kappa shape index (κ2) is 7.84. The monoisotopic (exact) mass is 442 g/mol. The SMILES string of the molecule is Cc1ccc(CN2C(=O)[C@@H]3[C@H](c4ccccc4)[C@H]4C=C[C@@]3(O4)[C@@H]2C(=O)NC2CCCC2)cc1. The third kappa shape index (κ3) is 3.24. The van der Waals surface area contributed by atoms with Gasteiger partial charge in [-0.25, -0.2) is 0 Å². The number of likely N-dealkylation sites (tertiary alicyclic amines) is 1. The number of fused-ring (bicyclic) bond motifs is 1. The summed E-state index contributed by atoms with van der Waals surface area (Å²) in [5, 5.41) is 3.26. The van der Waals surface area contributed by atoms with Crippen LogP contribution in [0.25, 0.3) is 0 Å². The van der Waals surface area contributed by atoms with Crippen molar-refractivity contribution in [1.29, 1.82) is 0 Å². The number of hydrogen-bond donors (Lipinski definition) is 1. The smallest absolute Gasteiger partial charge is 0.246 e. The zero-order valence-corrected chi connectivity index (χ0v) is 18.9. The Kier molecular flexibility index (Phi) is 4.91. The Hall–Kier alpha value is -2.92. The Morgan fingerprint density at radius 1 is 1.09 bits per heavy atom. The fourth-order valence-corrected chi connectivity index (χ4v) is 6.44. The Balaban J connectivity index is 1.39. The number of nitrogens with one attached hydrogen (secondary N) is 1. The molecule has 2 saturated heterocycles. The molecule has 33 heavy (non-hydrogen) atoms. The van der Waals surface area contributed by atoms with Crippen molar-refractivity contribution in [3.05, 3.63) is 83.4 Å². The van der Waals surface area contributed by atoms with Crippen LogP contribution in [-0.4, -0.2) is 40.5 Å². The van der Waals surface area contributed by atoms with Crippen molar-refractivity contribution >= 4 is 11.8 Å². The summed E-state index contributed by atoms with van der Waals surface area (Å²) in [5.74, 6) is -0.528. The van der Waals surface area contributed by atoms with E-state index in [1.54, 1.807) is 4.90 Å². The predicted octanol–water partition coefficient (Wildman–Crippen LogP) is 3.87. The van der Waals surface area contributed by atoms with Crippen LogP contribution in [0, 0.1) is 12.8 Å². The number of carbonyl (C=O) groups is 2. The maximum atomic E-state index is 14.0. The minimum atomic E-state index is -0.907. The van der Waals surface area contributed by atoms with E-state index in [0.29, 0.717) is 6.54 Å². The molecule has 3 aliphatic heterocycles. The molecule has 2 aromatic rings. The molecule has 3 fully saturated rings. The second-order valence-electron chi connectivity index (χ2n) is 10.1. The molecule has 0 radical (unpaired) electrons. The van der Waals surface area contributed by atoms with Gasteiger partial charge in [-0.15, -0.1) is 0 Å². The van der Waals surface area contributed by atoms with Crippen molar-refractivity contribution in [2.24, 2.45) is 5.92 Å². The molecule has 5 heteroatoms. The first-order valence-corrected chi connectivity index (χ1v) is 12.2. The summed E-state index contributed by atoms with van der Waals surface area (Å²) < 4.78 is 6.57. The molecule has 3 heterocycles. The number of nitrogens with zero attached hydrogens (tertiary/aromatic N) is 1. The van der Waals surface area contributed by atoms with Gasteiger partial charge in [-0.05, 0) is 30.9 Å². The Morgan fingerprint density at radius 2 is 1.82 bits per heavy atom. The molecule has 5 atom stereocenters. The van der Waals surface area contributed by atoms with Crippen LogP contribution in [0.15, 0.2) is 66.7 Å². The third-order valence-electron chi connectivity index (χ3n) is 7.98. The fraction of sp³-hybridized carbons (Fsp3) is 0.429. The summed E-state index contributed by atoms with van der Waals surface area (Å²) in [4.78, 5) is 29.5. The van der Waals surface area contributed by atoms with Crippen LogP contribution < -0.4 is 5.32 Å². The molecule has 0 unspecified atom stereocenters. The van der Waals surface area contributed by atoms with Gasteiger partial charge in [0.25, 0.3) is 0 Å². The van der Waals surface area contributed by atoms with Crippen molar-refractivity contribution in [3.8, 4) is 0 Å². The quantitative estimate of drug-likeness (QED) is 0.715. The number of amides is 2. The zero-order valence-electron chi connectivity index (χ0n) is 18.9. The molecular weight excluding hydrogens is 412 g/mol. The van der Waals surface area contributed by atoms with Crippen molar-refractivity contribution in [2.45, 2.75) is 68.9 Å². The number of ether oxygens (including phenoxy) is 1. The van der Waals surface area contributed by atoms with E-state index in [2.05, 4.69) is 35.7 Å². The van der Waals surface area contributed by atoms with Gasteiger partial charge in [0.15, 0.2) is 0 Å². The maximum absolute atomic E-state index is 14.0. The largest absolute Gasteiger partial charge is 0.359 e. The normalized spacial score (nSPS) is 32.5. The van der Waals surface area contributed by atoms with Gasteiger partial charge in [-0.3, -0.25) is 9.59 Å². The van der Waals surface area contributed by atoms with Gasteiger partial charge in [-0.1, -0.05) is 85.2 Å². The minimum absolute atomic E-state index is 0.0165. The summed E-state index contributed by atoms with van der Waals surface area (Å²) in [5.41, 5.74) is 2.39. The Morgan fingerprint density at radius 3 is 2.55 bits per heavy atom. The third-order valence-corrected chi connectivity index (χ3v) is 7.98. The van der Waals surface area contributed by atoms with Gasteiger partial charge < -0.3 is 15.0 Å². The predicted molar refractivity (Wildman–Crippen MR) is 125 cm³/mol. The summed E-state index contributed by atoms with van der Waals surface area (Å²) >= 11 is 0. The van der Waals surface area contributed by atoms with E-state index in [-0.39, 0.29) is 35.8 Å². The van der Waals surface area contributed by atoms with Crippen LogP contribution in [-0.2, 0) is 20.9 Å². The van der Waals surface area contributed by atoms with Gasteiger partial charge in [-0.2, -0.15) is 0 Å². The number of aryl methyl sites for hydroxylation is 1. The van der Waals surface area contributed by atoms with E-state index in [9.17, 15) is 9.59 Å². The van der Waals surface area contributed by atoms with E-state index >= 15 is 0 Å². The summed E-state index contributed by atoms with van der Waals surface area (Å²) in [6, 6.07) is 17.9. The molecule has 170 valence electrons. The number of hydrogen-bond acceptors (Lipinski definition) is 3. The average molecular weight is 443 g/mol. The van der Waals surface area contributed by atoms with E-state index < -0.39 is 11.6 Å². The van der Waals surface area contributed by atoms with Gasteiger partial charge in [0.1, 0.15) is 11.6 Å². The maximum Gasteiger partial charge on any atom is 0.246 e. The first kappa shape index (κ1) is 20.7. The Bertz CT molecular complexity index is 1090. The molecular formula is C28H30N2O3. The fourth-order valence-electron chi connectivity index (χ4n) is 6.44. The summed E-state index contributed by atoms with van der Waals surface area (Å²) in [7, 11) is 0. The van der Waals surface area contributed by atoms with Gasteiger partial charge in [0.2, 0.25) is 11.8 Å². The minimum Gasteiger partial charge on any atom is -0.359 e. The van der Waals surface area contributed by atoms with Gasteiger partial charge in [0, 0.05) is 18.5 Å². The van der Waals surface area contributed by atoms with Crippen LogP contribution in [0.3, 0.4) is 0 Å². The van der Waals surface area contributed by atoms with Crippen molar-refractivity contribution in [3.63, 3.8) is 0 Å². The zero-order chi connectivity index (χ0) is 22.6. The van der Waals surface area contributed by atoms with Crippen LogP contribution in [0.2, 0.25) is 0 Å². The average Bonchev–Trinajstić information content (AvgIpc) is 3.59. The first-order valence-electron chi connectivity index (χ1n) is 12.2. The van der Waals surface area contributed by atoms with E-state index in [0.717, 1.165) is 36.8 Å². The molecule has 2 aromatic carbocycles. The standard InChI is InChI=1S/C28H30N2O3/c1-18-11-13-19(14-12-18)17-30-25(26(31)29-21-9-5-6-10-21)28-16-15-22(33-28)23(24(28)27(30)32)20-7-3-2-4-8-20/h2-4,7-8,11-16,21-25H,5-6,9-10,17H2,1H3,(H,29,31)/t22-,23-,24+,25+,28+/m1/s1. The van der Waals surface area contributed by atoms with Crippen molar-refractivity contribution in [1.82, 2.24) is 10.2 Å². The highest BCUT2D eigenvalue weighted by molar-refractivity contribution is 5.97. The molecule has 1 saturated carbocycles. The summed E-state index contributed by atoms with van der Waals surface area (Å²) in [6.07, 6.45) is 8.19. The molecule has 1 spiro atoms. The van der Waals surface area contributed by atoms with Crippen molar-refractivity contribution < 1.29 is 14.3 Å². The summed E-state index contributed by atoms with van der Waals surface area (Å²) in [6.45, 7) is 2.46. The number of benzene rings is 2. The number of rotatable bonds is 5. The lowest BCUT2D eigenvalue weighted by molar-refractivity contribution is -0.140. The second-order valence-corrected chi connectivity index (χ2v) is 10.1. The van der Waals surface area contributed by atoms with Crippen LogP contribution in [0.1, 0.15) is 48.3 Å². The van der Waals surface area contributed by atoms with Crippen LogP contribution in [0.5, 0.6) is 0 Å². The van der Waals surface area contributed by atoms with Crippen LogP contribution in [0.4, 0.5) is 0 Å².